The molecule has 0 aliphatic carbocycles. The zero-order valence-electron chi connectivity index (χ0n) is 14.2. The van der Waals surface area contributed by atoms with Gasteiger partial charge in [0.2, 0.25) is 11.8 Å². The molecule has 0 bridgehead atoms. The maximum absolute atomic E-state index is 12.2. The molecule has 6 nitrogen and oxygen atoms in total. The maximum Gasteiger partial charge on any atom is 0.238 e. The molecule has 0 saturated carbocycles. The van der Waals surface area contributed by atoms with Crippen molar-refractivity contribution >= 4 is 11.6 Å². The Kier molecular flexibility index (Phi) is 5.26. The molecule has 1 amide bonds. The summed E-state index contributed by atoms with van der Waals surface area (Å²) in [5.41, 5.74) is 0.706. The van der Waals surface area contributed by atoms with Crippen LogP contribution in [0.2, 0.25) is 0 Å². The normalized spacial score (nSPS) is 16.7. The number of aryl methyl sites for hydroxylation is 1. The topological polar surface area (TPSA) is 56.6 Å². The zero-order valence-corrected chi connectivity index (χ0v) is 14.2. The van der Waals surface area contributed by atoms with E-state index < -0.39 is 0 Å². The molecule has 0 spiro atoms. The number of hydrogen-bond donors (Lipinski definition) is 0. The van der Waals surface area contributed by atoms with Crippen molar-refractivity contribution in [3.8, 4) is 17.4 Å². The molecule has 6 heteroatoms. The Morgan fingerprint density at radius 3 is 2.65 bits per heavy atom. The molecule has 2 heterocycles. The molecule has 23 heavy (non-hydrogen) atoms. The molecule has 0 unspecified atom stereocenters. The van der Waals surface area contributed by atoms with E-state index in [0.29, 0.717) is 29.7 Å². The molecule has 1 aliphatic rings. The third kappa shape index (κ3) is 3.64. The highest BCUT2D eigenvalue weighted by molar-refractivity contribution is 5.96. The Bertz CT molecular complexity index is 681. The number of hydrogen-bond acceptors (Lipinski definition) is 4. The minimum Gasteiger partial charge on any atom is -0.491 e. The van der Waals surface area contributed by atoms with Crippen molar-refractivity contribution in [2.45, 2.75) is 20.8 Å². The Morgan fingerprint density at radius 2 is 2.00 bits per heavy atom. The number of aromatic nitrogens is 2. The number of carbonyl (C=O) groups excluding carboxylic acids is 1. The summed E-state index contributed by atoms with van der Waals surface area (Å²) in [5, 5.41) is 4.17. The number of ether oxygens (including phenoxy) is 2. The molecule has 1 aliphatic heterocycles. The van der Waals surface area contributed by atoms with Crippen LogP contribution < -0.4 is 14.4 Å². The predicted molar refractivity (Wildman–Crippen MR) is 89.1 cm³/mol. The number of amides is 1. The van der Waals surface area contributed by atoms with Crippen LogP contribution in [0.15, 0.2) is 30.5 Å². The molecule has 1 aromatic heterocycles. The summed E-state index contributed by atoms with van der Waals surface area (Å²) in [5.74, 6) is 1.68. The quantitative estimate of drug-likeness (QED) is 0.853. The highest BCUT2D eigenvalue weighted by Gasteiger charge is 2.26. The standard InChI is InChI=1S/C15H17N3O3.C2H6/c1-10-9-20-13-5-4-11(8-12(13)18(3)15(10)19)21-14-6-7-17(2)16-14;1-2/h4-8,10H,9H2,1-3H3;1-2H3/t10-;/m0./s1. The summed E-state index contributed by atoms with van der Waals surface area (Å²) in [6.45, 7) is 6.24. The third-order valence-corrected chi connectivity index (χ3v) is 3.44. The fraction of sp³-hybridized carbons (Fsp3) is 0.412. The van der Waals surface area contributed by atoms with E-state index >= 15 is 0 Å². The molecule has 2 aromatic rings. The van der Waals surface area contributed by atoms with Gasteiger partial charge in [-0.05, 0) is 12.1 Å². The lowest BCUT2D eigenvalue weighted by Gasteiger charge is -2.18. The van der Waals surface area contributed by atoms with E-state index in [4.69, 9.17) is 9.47 Å². The molecule has 0 saturated heterocycles. The number of benzene rings is 1. The highest BCUT2D eigenvalue weighted by Crippen LogP contribution is 2.36. The molecule has 0 N–H and O–H groups in total. The number of fused-ring (bicyclic) bond motifs is 1. The van der Waals surface area contributed by atoms with E-state index in [-0.39, 0.29) is 11.8 Å². The van der Waals surface area contributed by atoms with Crippen molar-refractivity contribution in [3.05, 3.63) is 30.5 Å². The Balaban J connectivity index is 0.000000924. The lowest BCUT2D eigenvalue weighted by Crippen LogP contribution is -2.31. The molecule has 1 aromatic carbocycles. The smallest absolute Gasteiger partial charge is 0.238 e. The van der Waals surface area contributed by atoms with Crippen LogP contribution in [0.3, 0.4) is 0 Å². The van der Waals surface area contributed by atoms with E-state index in [2.05, 4.69) is 5.10 Å². The minimum atomic E-state index is -0.164. The van der Waals surface area contributed by atoms with Gasteiger partial charge in [0.15, 0.2) is 0 Å². The summed E-state index contributed by atoms with van der Waals surface area (Å²) >= 11 is 0. The number of nitrogens with zero attached hydrogens (tertiary/aromatic N) is 3. The average Bonchev–Trinajstić information content (AvgIpc) is 2.94. The van der Waals surface area contributed by atoms with Crippen LogP contribution in [0.4, 0.5) is 5.69 Å². The van der Waals surface area contributed by atoms with E-state index in [0.717, 1.165) is 0 Å². The predicted octanol–water partition coefficient (Wildman–Crippen LogP) is 3.23. The average molecular weight is 317 g/mol. The molecule has 1 atom stereocenters. The van der Waals surface area contributed by atoms with E-state index in [1.165, 1.54) is 0 Å². The van der Waals surface area contributed by atoms with Gasteiger partial charge in [0.25, 0.3) is 0 Å². The van der Waals surface area contributed by atoms with Crippen LogP contribution in [0.1, 0.15) is 20.8 Å². The molecule has 124 valence electrons. The number of rotatable bonds is 2. The maximum atomic E-state index is 12.2. The first-order valence-electron chi connectivity index (χ1n) is 7.76. The summed E-state index contributed by atoms with van der Waals surface area (Å²) < 4.78 is 13.0. The van der Waals surface area contributed by atoms with Crippen LogP contribution in [-0.2, 0) is 11.8 Å². The van der Waals surface area contributed by atoms with Crippen LogP contribution in [0.25, 0.3) is 0 Å². The van der Waals surface area contributed by atoms with Crippen molar-refractivity contribution in [2.24, 2.45) is 13.0 Å². The molecular formula is C17H23N3O3. The van der Waals surface area contributed by atoms with Crippen LogP contribution in [0.5, 0.6) is 17.4 Å². The lowest BCUT2D eigenvalue weighted by atomic mass is 10.1. The van der Waals surface area contributed by atoms with Gasteiger partial charge in [0, 0.05) is 32.4 Å². The van der Waals surface area contributed by atoms with Crippen LogP contribution in [0, 0.1) is 5.92 Å². The van der Waals surface area contributed by atoms with Crippen molar-refractivity contribution < 1.29 is 14.3 Å². The van der Waals surface area contributed by atoms with Gasteiger partial charge in [-0.3, -0.25) is 9.48 Å². The fourth-order valence-corrected chi connectivity index (χ4v) is 2.25. The van der Waals surface area contributed by atoms with Gasteiger partial charge in [-0.1, -0.05) is 20.8 Å². The Hall–Kier alpha value is -2.50. The van der Waals surface area contributed by atoms with Crippen molar-refractivity contribution in [1.29, 1.82) is 0 Å². The van der Waals surface area contributed by atoms with Gasteiger partial charge in [0.1, 0.15) is 11.5 Å². The monoisotopic (exact) mass is 317 g/mol. The largest absolute Gasteiger partial charge is 0.491 e. The SMILES string of the molecule is CC.C[C@H]1COc2ccc(Oc3ccn(C)n3)cc2N(C)C1=O. The van der Waals surface area contributed by atoms with Crippen molar-refractivity contribution in [3.63, 3.8) is 0 Å². The summed E-state index contributed by atoms with van der Waals surface area (Å²) in [6, 6.07) is 7.19. The second kappa shape index (κ2) is 7.17. The van der Waals surface area contributed by atoms with E-state index in [1.54, 1.807) is 35.0 Å². The summed E-state index contributed by atoms with van der Waals surface area (Å²) in [4.78, 5) is 13.8. The first-order valence-corrected chi connectivity index (χ1v) is 7.76. The molecular weight excluding hydrogens is 294 g/mol. The first-order chi connectivity index (χ1) is 11.0. The Labute approximate surface area is 136 Å². The highest BCUT2D eigenvalue weighted by atomic mass is 16.5. The van der Waals surface area contributed by atoms with Gasteiger partial charge in [-0.15, -0.1) is 5.10 Å². The van der Waals surface area contributed by atoms with Gasteiger partial charge in [-0.25, -0.2) is 0 Å². The second-order valence-electron chi connectivity index (χ2n) is 5.17. The summed E-state index contributed by atoms with van der Waals surface area (Å²) in [6.07, 6.45) is 1.80. The number of anilines is 1. The van der Waals surface area contributed by atoms with Crippen LogP contribution in [-0.4, -0.2) is 29.3 Å². The molecule has 0 radical (unpaired) electrons. The van der Waals surface area contributed by atoms with Gasteiger partial charge < -0.3 is 14.4 Å². The number of carbonyl (C=O) groups is 1. The first kappa shape index (κ1) is 16.9. The lowest BCUT2D eigenvalue weighted by molar-refractivity contribution is -0.122. The Morgan fingerprint density at radius 1 is 1.26 bits per heavy atom. The van der Waals surface area contributed by atoms with Gasteiger partial charge in [0.05, 0.1) is 18.2 Å². The fourth-order valence-electron chi connectivity index (χ4n) is 2.25. The second-order valence-corrected chi connectivity index (χ2v) is 5.17. The molecule has 0 fully saturated rings. The van der Waals surface area contributed by atoms with Gasteiger partial charge >= 0.3 is 0 Å². The van der Waals surface area contributed by atoms with E-state index in [1.807, 2.05) is 40.0 Å². The van der Waals surface area contributed by atoms with E-state index in [9.17, 15) is 4.79 Å². The minimum absolute atomic E-state index is 0.0312. The van der Waals surface area contributed by atoms with Crippen LogP contribution >= 0.6 is 0 Å². The van der Waals surface area contributed by atoms with Gasteiger partial charge in [-0.2, -0.15) is 0 Å². The zero-order chi connectivity index (χ0) is 17.0. The van der Waals surface area contributed by atoms with Crippen molar-refractivity contribution in [2.75, 3.05) is 18.6 Å². The summed E-state index contributed by atoms with van der Waals surface area (Å²) in [7, 11) is 3.57. The third-order valence-electron chi connectivity index (χ3n) is 3.44. The molecule has 3 rings (SSSR count). The van der Waals surface area contributed by atoms with Crippen molar-refractivity contribution in [1.82, 2.24) is 9.78 Å².